The highest BCUT2D eigenvalue weighted by Gasteiger charge is 2.36. The zero-order valence-corrected chi connectivity index (χ0v) is 8.82. The molecule has 72 valence electrons. The predicted molar refractivity (Wildman–Crippen MR) is 54.3 cm³/mol. The van der Waals surface area contributed by atoms with Crippen LogP contribution in [0.2, 0.25) is 0 Å². The van der Waals surface area contributed by atoms with Crippen LogP contribution >= 0.6 is 0 Å². The Morgan fingerprint density at radius 3 is 2.58 bits per heavy atom. The first-order chi connectivity index (χ1) is 5.75. The van der Waals surface area contributed by atoms with Crippen molar-refractivity contribution in [1.82, 2.24) is 5.32 Å². The first kappa shape index (κ1) is 10.0. The van der Waals surface area contributed by atoms with E-state index in [9.17, 15) is 0 Å². The molecule has 1 N–H and O–H groups in total. The Morgan fingerprint density at radius 1 is 1.42 bits per heavy atom. The summed E-state index contributed by atoms with van der Waals surface area (Å²) in [6.07, 6.45) is 6.77. The van der Waals surface area contributed by atoms with Crippen LogP contribution in [-0.2, 0) is 0 Å². The van der Waals surface area contributed by atoms with E-state index in [-0.39, 0.29) is 0 Å². The Morgan fingerprint density at radius 2 is 2.17 bits per heavy atom. The second-order valence-electron chi connectivity index (χ2n) is 4.25. The maximum atomic E-state index is 3.72. The van der Waals surface area contributed by atoms with Gasteiger partial charge in [0.2, 0.25) is 0 Å². The zero-order valence-electron chi connectivity index (χ0n) is 8.82. The van der Waals surface area contributed by atoms with Crippen LogP contribution in [0.3, 0.4) is 0 Å². The van der Waals surface area contributed by atoms with Crippen molar-refractivity contribution in [2.75, 3.05) is 6.54 Å². The summed E-state index contributed by atoms with van der Waals surface area (Å²) in [5.74, 6) is 0.847. The smallest absolute Gasteiger partial charge is 0.0207 e. The molecule has 1 rings (SSSR count). The van der Waals surface area contributed by atoms with Crippen molar-refractivity contribution in [2.45, 2.75) is 58.4 Å². The lowest BCUT2D eigenvalue weighted by Gasteiger charge is -2.35. The predicted octanol–water partition coefficient (Wildman–Crippen LogP) is 2.95. The fourth-order valence-corrected chi connectivity index (χ4v) is 2.55. The Hall–Kier alpha value is -0.0400. The van der Waals surface area contributed by atoms with Crippen LogP contribution in [0.4, 0.5) is 0 Å². The molecule has 0 bridgehead atoms. The SMILES string of the molecule is CCCC1(C(C)CC)CCCN1. The van der Waals surface area contributed by atoms with Gasteiger partial charge >= 0.3 is 0 Å². The second kappa shape index (κ2) is 4.27. The molecule has 0 aromatic heterocycles. The molecule has 1 fully saturated rings. The molecule has 1 heterocycles. The van der Waals surface area contributed by atoms with E-state index in [2.05, 4.69) is 26.1 Å². The topological polar surface area (TPSA) is 12.0 Å². The first-order valence-electron chi connectivity index (χ1n) is 5.50. The molecule has 0 aromatic carbocycles. The molecule has 0 spiro atoms. The first-order valence-corrected chi connectivity index (χ1v) is 5.50. The van der Waals surface area contributed by atoms with Crippen LogP contribution in [0.5, 0.6) is 0 Å². The molecule has 0 aliphatic carbocycles. The van der Waals surface area contributed by atoms with E-state index in [1.54, 1.807) is 0 Å². The third-order valence-electron chi connectivity index (χ3n) is 3.53. The summed E-state index contributed by atoms with van der Waals surface area (Å²) in [6, 6.07) is 0. The fraction of sp³-hybridized carbons (Fsp3) is 1.00. The van der Waals surface area contributed by atoms with Gasteiger partial charge in [-0.3, -0.25) is 0 Å². The summed E-state index contributed by atoms with van der Waals surface area (Å²) in [6.45, 7) is 8.24. The molecule has 1 aliphatic rings. The Balaban J connectivity index is 2.57. The van der Waals surface area contributed by atoms with E-state index in [1.165, 1.54) is 38.6 Å². The van der Waals surface area contributed by atoms with E-state index >= 15 is 0 Å². The van der Waals surface area contributed by atoms with Gasteiger partial charge < -0.3 is 5.32 Å². The molecule has 1 aliphatic heterocycles. The quantitative estimate of drug-likeness (QED) is 0.682. The molecule has 0 radical (unpaired) electrons. The summed E-state index contributed by atoms with van der Waals surface area (Å²) in [7, 11) is 0. The number of hydrogen-bond acceptors (Lipinski definition) is 1. The number of hydrogen-bond donors (Lipinski definition) is 1. The van der Waals surface area contributed by atoms with Gasteiger partial charge in [-0.25, -0.2) is 0 Å². The molecule has 0 amide bonds. The maximum absolute atomic E-state index is 3.72. The molecule has 1 heteroatoms. The lowest BCUT2D eigenvalue weighted by atomic mass is 9.79. The van der Waals surface area contributed by atoms with E-state index in [0.29, 0.717) is 5.54 Å². The van der Waals surface area contributed by atoms with Crippen LogP contribution in [0, 0.1) is 5.92 Å². The fourth-order valence-electron chi connectivity index (χ4n) is 2.55. The molecular weight excluding hydrogens is 146 g/mol. The highest BCUT2D eigenvalue weighted by atomic mass is 15.0. The zero-order chi connectivity index (χ0) is 9.03. The third kappa shape index (κ3) is 1.82. The largest absolute Gasteiger partial charge is 0.311 e. The minimum atomic E-state index is 0.503. The standard InChI is InChI=1S/C11H23N/c1-4-7-11(10(3)5-2)8-6-9-12-11/h10,12H,4-9H2,1-3H3. The molecule has 0 saturated carbocycles. The molecule has 0 aromatic rings. The average Bonchev–Trinajstić information content (AvgIpc) is 2.53. The van der Waals surface area contributed by atoms with Gasteiger partial charge in [0.1, 0.15) is 0 Å². The summed E-state index contributed by atoms with van der Waals surface area (Å²) in [5.41, 5.74) is 0.503. The lowest BCUT2D eigenvalue weighted by Crippen LogP contribution is -2.45. The van der Waals surface area contributed by atoms with Crippen LogP contribution in [0.1, 0.15) is 52.9 Å². The average molecular weight is 169 g/mol. The van der Waals surface area contributed by atoms with Crippen LogP contribution in [0.25, 0.3) is 0 Å². The highest BCUT2D eigenvalue weighted by Crippen LogP contribution is 2.33. The Bertz CT molecular complexity index is 125. The van der Waals surface area contributed by atoms with Crippen molar-refractivity contribution < 1.29 is 0 Å². The number of nitrogens with one attached hydrogen (secondary N) is 1. The van der Waals surface area contributed by atoms with Gasteiger partial charge in [0.05, 0.1) is 0 Å². The van der Waals surface area contributed by atoms with Gasteiger partial charge in [-0.1, -0.05) is 33.6 Å². The van der Waals surface area contributed by atoms with Gasteiger partial charge in [0, 0.05) is 5.54 Å². The van der Waals surface area contributed by atoms with E-state index in [4.69, 9.17) is 0 Å². The highest BCUT2D eigenvalue weighted by molar-refractivity contribution is 4.95. The van der Waals surface area contributed by atoms with Gasteiger partial charge in [-0.2, -0.15) is 0 Å². The monoisotopic (exact) mass is 169 g/mol. The van der Waals surface area contributed by atoms with Crippen LogP contribution in [0.15, 0.2) is 0 Å². The summed E-state index contributed by atoms with van der Waals surface area (Å²) in [4.78, 5) is 0. The maximum Gasteiger partial charge on any atom is 0.0207 e. The van der Waals surface area contributed by atoms with Gasteiger partial charge in [-0.15, -0.1) is 0 Å². The number of rotatable bonds is 4. The van der Waals surface area contributed by atoms with Crippen LogP contribution in [-0.4, -0.2) is 12.1 Å². The summed E-state index contributed by atoms with van der Waals surface area (Å²) in [5, 5.41) is 3.72. The van der Waals surface area contributed by atoms with Crippen molar-refractivity contribution in [2.24, 2.45) is 5.92 Å². The van der Waals surface area contributed by atoms with Crippen molar-refractivity contribution >= 4 is 0 Å². The Labute approximate surface area is 76.9 Å². The molecule has 12 heavy (non-hydrogen) atoms. The van der Waals surface area contributed by atoms with Crippen molar-refractivity contribution in [1.29, 1.82) is 0 Å². The van der Waals surface area contributed by atoms with E-state index in [1.807, 2.05) is 0 Å². The van der Waals surface area contributed by atoms with Crippen molar-refractivity contribution in [3.63, 3.8) is 0 Å². The minimum absolute atomic E-state index is 0.503. The van der Waals surface area contributed by atoms with Gasteiger partial charge in [0.15, 0.2) is 0 Å². The molecule has 1 nitrogen and oxygen atoms in total. The molecular formula is C11H23N. The lowest BCUT2D eigenvalue weighted by molar-refractivity contribution is 0.228. The molecule has 2 atom stereocenters. The Kier molecular flexibility index (Phi) is 3.57. The van der Waals surface area contributed by atoms with E-state index < -0.39 is 0 Å². The van der Waals surface area contributed by atoms with Crippen LogP contribution < -0.4 is 5.32 Å². The molecule has 2 unspecified atom stereocenters. The van der Waals surface area contributed by atoms with E-state index in [0.717, 1.165) is 5.92 Å². The minimum Gasteiger partial charge on any atom is -0.311 e. The normalized spacial score (nSPS) is 32.2. The second-order valence-corrected chi connectivity index (χ2v) is 4.25. The van der Waals surface area contributed by atoms with Gasteiger partial charge in [-0.05, 0) is 31.7 Å². The van der Waals surface area contributed by atoms with Gasteiger partial charge in [0.25, 0.3) is 0 Å². The molecule has 1 saturated heterocycles. The van der Waals surface area contributed by atoms with Crippen molar-refractivity contribution in [3.8, 4) is 0 Å². The third-order valence-corrected chi connectivity index (χ3v) is 3.53. The summed E-state index contributed by atoms with van der Waals surface area (Å²) >= 11 is 0. The van der Waals surface area contributed by atoms with Crippen molar-refractivity contribution in [3.05, 3.63) is 0 Å². The summed E-state index contributed by atoms with van der Waals surface area (Å²) < 4.78 is 0.